The van der Waals surface area contributed by atoms with Crippen molar-refractivity contribution in [2.45, 2.75) is 36.7 Å². The van der Waals surface area contributed by atoms with E-state index < -0.39 is 36.7 Å². The number of ether oxygens (including phenoxy) is 1. The van der Waals surface area contributed by atoms with Gasteiger partial charge in [-0.25, -0.2) is 4.39 Å². The molecule has 0 saturated carbocycles. The molecular formula is C7H6F10O. The minimum absolute atomic E-state index is 0.256. The highest BCUT2D eigenvalue weighted by Crippen LogP contribution is 2.56. The van der Waals surface area contributed by atoms with Gasteiger partial charge in [-0.05, 0) is 6.92 Å². The Hall–Kier alpha value is -0.740. The standard InChI is InChI=1S/C7H6F10O/c1-3(8,6(12,13)14)4(9,10)5(11,18-2)7(15,16)17/h1-2H3. The summed E-state index contributed by atoms with van der Waals surface area (Å²) < 4.78 is 126. The van der Waals surface area contributed by atoms with Crippen LogP contribution in [0.4, 0.5) is 43.9 Å². The van der Waals surface area contributed by atoms with Crippen molar-refractivity contribution >= 4 is 0 Å². The molecule has 0 radical (unpaired) electrons. The predicted molar refractivity (Wildman–Crippen MR) is 37.4 cm³/mol. The Labute approximate surface area is 93.7 Å². The zero-order chi connectivity index (χ0) is 15.2. The molecule has 0 N–H and O–H groups in total. The van der Waals surface area contributed by atoms with E-state index in [9.17, 15) is 43.9 Å². The average molecular weight is 296 g/mol. The Kier molecular flexibility index (Phi) is 3.97. The molecular weight excluding hydrogens is 290 g/mol. The summed E-state index contributed by atoms with van der Waals surface area (Å²) in [5.41, 5.74) is -5.78. The highest BCUT2D eigenvalue weighted by molar-refractivity contribution is 5.07. The number of rotatable bonds is 3. The Morgan fingerprint density at radius 3 is 1.17 bits per heavy atom. The average Bonchev–Trinajstić information content (AvgIpc) is 2.12. The van der Waals surface area contributed by atoms with Crippen molar-refractivity contribution < 1.29 is 48.6 Å². The van der Waals surface area contributed by atoms with Crippen molar-refractivity contribution in [2.75, 3.05) is 7.11 Å². The van der Waals surface area contributed by atoms with Crippen LogP contribution in [0.5, 0.6) is 0 Å². The quantitative estimate of drug-likeness (QED) is 0.720. The minimum atomic E-state index is -6.57. The molecule has 0 bridgehead atoms. The van der Waals surface area contributed by atoms with Gasteiger partial charge >= 0.3 is 24.1 Å². The fraction of sp³-hybridized carbons (Fsp3) is 1.00. The summed E-state index contributed by atoms with van der Waals surface area (Å²) in [6.07, 6.45) is -13.0. The number of alkyl halides is 10. The molecule has 0 aliphatic rings. The van der Waals surface area contributed by atoms with Gasteiger partial charge in [0.25, 0.3) is 5.67 Å². The van der Waals surface area contributed by atoms with Crippen molar-refractivity contribution in [2.24, 2.45) is 0 Å². The van der Waals surface area contributed by atoms with Crippen LogP contribution in [0, 0.1) is 0 Å². The number of methoxy groups -OCH3 is 1. The van der Waals surface area contributed by atoms with E-state index in [2.05, 4.69) is 4.74 Å². The molecule has 1 nitrogen and oxygen atoms in total. The summed E-state index contributed by atoms with van der Waals surface area (Å²) in [6.45, 7) is -0.911. The molecule has 110 valence electrons. The third-order valence-electron chi connectivity index (χ3n) is 2.17. The van der Waals surface area contributed by atoms with Crippen molar-refractivity contribution in [1.82, 2.24) is 0 Å². The van der Waals surface area contributed by atoms with Gasteiger partial charge in [-0.3, -0.25) is 0 Å². The second-order valence-electron chi connectivity index (χ2n) is 3.37. The van der Waals surface area contributed by atoms with E-state index in [-0.39, 0.29) is 7.11 Å². The van der Waals surface area contributed by atoms with Gasteiger partial charge in [0.05, 0.1) is 0 Å². The molecule has 0 amide bonds. The van der Waals surface area contributed by atoms with Gasteiger partial charge in [0.2, 0.25) is 0 Å². The van der Waals surface area contributed by atoms with Crippen molar-refractivity contribution in [3.8, 4) is 0 Å². The summed E-state index contributed by atoms with van der Waals surface area (Å²) in [5.74, 6) is -12.6. The van der Waals surface area contributed by atoms with Crippen molar-refractivity contribution in [3.05, 3.63) is 0 Å². The maximum atomic E-state index is 13.0. The molecule has 11 heteroatoms. The lowest BCUT2D eigenvalue weighted by atomic mass is 9.92. The number of halogens is 10. The smallest absolute Gasteiger partial charge is 0.338 e. The molecule has 0 aromatic rings. The molecule has 2 unspecified atom stereocenters. The van der Waals surface area contributed by atoms with E-state index >= 15 is 0 Å². The third kappa shape index (κ3) is 2.12. The molecule has 0 aliphatic carbocycles. The highest BCUT2D eigenvalue weighted by Gasteiger charge is 2.84. The van der Waals surface area contributed by atoms with E-state index in [0.717, 1.165) is 0 Å². The Balaban J connectivity index is 5.91. The van der Waals surface area contributed by atoms with Crippen molar-refractivity contribution in [1.29, 1.82) is 0 Å². The lowest BCUT2D eigenvalue weighted by Crippen LogP contribution is -2.68. The maximum Gasteiger partial charge on any atom is 0.455 e. The van der Waals surface area contributed by atoms with Gasteiger partial charge in [0.1, 0.15) is 0 Å². The van der Waals surface area contributed by atoms with Crippen LogP contribution in [0.2, 0.25) is 0 Å². The topological polar surface area (TPSA) is 9.23 Å². The third-order valence-corrected chi connectivity index (χ3v) is 2.17. The monoisotopic (exact) mass is 296 g/mol. The van der Waals surface area contributed by atoms with Crippen LogP contribution < -0.4 is 0 Å². The molecule has 0 aromatic heterocycles. The van der Waals surface area contributed by atoms with E-state index in [1.807, 2.05) is 0 Å². The molecule has 0 saturated heterocycles. The van der Waals surface area contributed by atoms with Gasteiger partial charge in [-0.15, -0.1) is 0 Å². The second-order valence-corrected chi connectivity index (χ2v) is 3.37. The fourth-order valence-corrected chi connectivity index (χ4v) is 0.902. The Morgan fingerprint density at radius 1 is 0.667 bits per heavy atom. The molecule has 0 rings (SSSR count). The fourth-order valence-electron chi connectivity index (χ4n) is 0.902. The van der Waals surface area contributed by atoms with Gasteiger partial charge in [-0.1, -0.05) is 0 Å². The SMILES string of the molecule is COC(F)(C(F)(F)F)C(F)(F)C(C)(F)C(F)(F)F. The largest absolute Gasteiger partial charge is 0.455 e. The molecule has 0 aliphatic heterocycles. The van der Waals surface area contributed by atoms with Crippen LogP contribution in [-0.4, -0.2) is 36.9 Å². The maximum absolute atomic E-state index is 13.0. The first-order valence-corrected chi connectivity index (χ1v) is 4.00. The van der Waals surface area contributed by atoms with Gasteiger partial charge in [-0.2, -0.15) is 39.5 Å². The normalized spacial score (nSPS) is 21.3. The Morgan fingerprint density at radius 2 is 1.00 bits per heavy atom. The predicted octanol–water partition coefficient (Wildman–Crippen LogP) is 3.79. The summed E-state index contributed by atoms with van der Waals surface area (Å²) in [7, 11) is -0.256. The van der Waals surface area contributed by atoms with E-state index in [0.29, 0.717) is 0 Å². The van der Waals surface area contributed by atoms with E-state index in [1.165, 1.54) is 0 Å². The summed E-state index contributed by atoms with van der Waals surface area (Å²) in [5, 5.41) is 0. The first kappa shape index (κ1) is 17.3. The lowest BCUT2D eigenvalue weighted by Gasteiger charge is -2.40. The van der Waals surface area contributed by atoms with Crippen molar-refractivity contribution in [3.63, 3.8) is 0 Å². The van der Waals surface area contributed by atoms with Crippen LogP contribution in [0.3, 0.4) is 0 Å². The molecule has 0 spiro atoms. The highest BCUT2D eigenvalue weighted by atomic mass is 19.4. The van der Waals surface area contributed by atoms with Crippen LogP contribution in [0.15, 0.2) is 0 Å². The summed E-state index contributed by atoms with van der Waals surface area (Å²) >= 11 is 0. The lowest BCUT2D eigenvalue weighted by molar-refractivity contribution is -0.435. The van der Waals surface area contributed by atoms with E-state index in [4.69, 9.17) is 0 Å². The molecule has 0 fully saturated rings. The number of hydrogen-bond donors (Lipinski definition) is 0. The van der Waals surface area contributed by atoms with Gasteiger partial charge in [0, 0.05) is 7.11 Å². The molecule has 0 heterocycles. The van der Waals surface area contributed by atoms with Crippen LogP contribution in [0.25, 0.3) is 0 Å². The molecule has 0 aromatic carbocycles. The Bertz CT molecular complexity index is 302. The van der Waals surface area contributed by atoms with Crippen LogP contribution >= 0.6 is 0 Å². The summed E-state index contributed by atoms with van der Waals surface area (Å²) in [6, 6.07) is 0. The minimum Gasteiger partial charge on any atom is -0.338 e. The first-order chi connectivity index (χ1) is 7.56. The van der Waals surface area contributed by atoms with Gasteiger partial charge in [0.15, 0.2) is 0 Å². The second kappa shape index (κ2) is 4.14. The molecule has 2 atom stereocenters. The zero-order valence-electron chi connectivity index (χ0n) is 8.69. The van der Waals surface area contributed by atoms with Gasteiger partial charge < -0.3 is 4.74 Å². The van der Waals surface area contributed by atoms with E-state index in [1.54, 1.807) is 0 Å². The molecule has 18 heavy (non-hydrogen) atoms. The van der Waals surface area contributed by atoms with Crippen LogP contribution in [0.1, 0.15) is 6.92 Å². The summed E-state index contributed by atoms with van der Waals surface area (Å²) in [4.78, 5) is 0. The van der Waals surface area contributed by atoms with Crippen LogP contribution in [-0.2, 0) is 4.74 Å². The zero-order valence-corrected chi connectivity index (χ0v) is 8.69. The number of hydrogen-bond acceptors (Lipinski definition) is 1. The first-order valence-electron chi connectivity index (χ1n) is 4.00.